The summed E-state index contributed by atoms with van der Waals surface area (Å²) >= 11 is 0. The lowest BCUT2D eigenvalue weighted by atomic mass is 9.73. The number of hydrogen-bond acceptors (Lipinski definition) is 4. The maximum atomic E-state index is 13.3. The Morgan fingerprint density at radius 1 is 0.595 bits per heavy atom. The highest BCUT2D eigenvalue weighted by atomic mass is 16.5. The second-order valence-electron chi connectivity index (χ2n) is 9.83. The SMILES string of the molecule is Cc1cccc(COC(=O)CC2(CC(=O)OCc3cccc(C)c3)c3ccccc3-c3ccccc32)c1. The summed E-state index contributed by atoms with van der Waals surface area (Å²) < 4.78 is 11.5. The number of carbonyl (C=O) groups excluding carboxylic acids is 2. The van der Waals surface area contributed by atoms with Crippen molar-refractivity contribution >= 4 is 11.9 Å². The molecule has 1 aliphatic rings. The monoisotopic (exact) mass is 490 g/mol. The average Bonchev–Trinajstić information content (AvgIpc) is 3.16. The molecule has 0 fully saturated rings. The van der Waals surface area contributed by atoms with Crippen molar-refractivity contribution in [2.45, 2.75) is 45.3 Å². The van der Waals surface area contributed by atoms with Gasteiger partial charge < -0.3 is 9.47 Å². The fourth-order valence-electron chi connectivity index (χ4n) is 5.39. The maximum Gasteiger partial charge on any atom is 0.307 e. The third-order valence-corrected chi connectivity index (χ3v) is 7.03. The molecule has 0 saturated heterocycles. The van der Waals surface area contributed by atoms with Crippen LogP contribution in [-0.4, -0.2) is 11.9 Å². The minimum absolute atomic E-state index is 0.0480. The first-order valence-corrected chi connectivity index (χ1v) is 12.6. The molecule has 37 heavy (non-hydrogen) atoms. The molecular weight excluding hydrogens is 460 g/mol. The zero-order valence-electron chi connectivity index (χ0n) is 21.2. The highest BCUT2D eigenvalue weighted by Gasteiger charge is 2.46. The van der Waals surface area contributed by atoms with Gasteiger partial charge in [-0.15, -0.1) is 0 Å². The molecular formula is C33H30O4. The molecule has 0 N–H and O–H groups in total. The van der Waals surface area contributed by atoms with E-state index in [1.165, 1.54) is 0 Å². The van der Waals surface area contributed by atoms with E-state index in [0.29, 0.717) is 0 Å². The summed E-state index contributed by atoms with van der Waals surface area (Å²) in [4.78, 5) is 26.6. The van der Waals surface area contributed by atoms with Crippen LogP contribution in [0.4, 0.5) is 0 Å². The zero-order chi connectivity index (χ0) is 25.8. The standard InChI is InChI=1S/C33H30O4/c1-23-9-7-11-25(17-23)21-36-31(34)19-33(20-32(35)37-22-26-12-8-10-24(2)18-26)29-15-5-3-13-27(29)28-14-4-6-16-30(28)33/h3-18H,19-22H2,1-2H3. The molecule has 0 amide bonds. The van der Waals surface area contributed by atoms with E-state index in [-0.39, 0.29) is 38.0 Å². The van der Waals surface area contributed by atoms with Crippen LogP contribution < -0.4 is 0 Å². The number of rotatable bonds is 8. The molecule has 0 bridgehead atoms. The molecule has 4 heteroatoms. The van der Waals surface area contributed by atoms with Crippen LogP contribution in [-0.2, 0) is 37.7 Å². The van der Waals surface area contributed by atoms with Crippen molar-refractivity contribution in [3.63, 3.8) is 0 Å². The van der Waals surface area contributed by atoms with E-state index >= 15 is 0 Å². The van der Waals surface area contributed by atoms with Crippen LogP contribution in [0.3, 0.4) is 0 Å². The van der Waals surface area contributed by atoms with Gasteiger partial charge in [0.1, 0.15) is 13.2 Å². The summed E-state index contributed by atoms with van der Waals surface area (Å²) in [6.07, 6.45) is 0.0960. The lowest BCUT2D eigenvalue weighted by molar-refractivity contribution is -0.149. The van der Waals surface area contributed by atoms with Crippen LogP contribution >= 0.6 is 0 Å². The number of esters is 2. The quantitative estimate of drug-likeness (QED) is 0.254. The molecule has 4 nitrogen and oxygen atoms in total. The predicted molar refractivity (Wildman–Crippen MR) is 144 cm³/mol. The Hall–Kier alpha value is -4.18. The van der Waals surface area contributed by atoms with E-state index in [4.69, 9.17) is 9.47 Å². The second kappa shape index (κ2) is 10.4. The Bertz CT molecular complexity index is 1340. The zero-order valence-corrected chi connectivity index (χ0v) is 21.2. The Morgan fingerprint density at radius 2 is 1.03 bits per heavy atom. The number of carbonyl (C=O) groups is 2. The highest BCUT2D eigenvalue weighted by Crippen LogP contribution is 2.52. The van der Waals surface area contributed by atoms with Crippen molar-refractivity contribution in [1.82, 2.24) is 0 Å². The minimum Gasteiger partial charge on any atom is -0.461 e. The third kappa shape index (κ3) is 5.19. The summed E-state index contributed by atoms with van der Waals surface area (Å²) in [6.45, 7) is 4.40. The maximum absolute atomic E-state index is 13.3. The number of benzene rings is 4. The van der Waals surface area contributed by atoms with Gasteiger partial charge in [-0.05, 0) is 47.2 Å². The fourth-order valence-corrected chi connectivity index (χ4v) is 5.39. The Morgan fingerprint density at radius 3 is 1.46 bits per heavy atom. The first kappa shape index (κ1) is 24.5. The molecule has 1 aliphatic carbocycles. The molecule has 0 heterocycles. The number of hydrogen-bond donors (Lipinski definition) is 0. The van der Waals surface area contributed by atoms with E-state index in [1.807, 2.05) is 111 Å². The number of ether oxygens (including phenoxy) is 2. The Labute approximate surface area is 217 Å². The molecule has 4 aromatic rings. The summed E-state index contributed by atoms with van der Waals surface area (Å²) in [5.74, 6) is -0.695. The highest BCUT2D eigenvalue weighted by molar-refractivity contribution is 5.88. The van der Waals surface area contributed by atoms with E-state index in [2.05, 4.69) is 0 Å². The van der Waals surface area contributed by atoms with Crippen LogP contribution in [0.25, 0.3) is 11.1 Å². The van der Waals surface area contributed by atoms with Crippen molar-refractivity contribution in [3.8, 4) is 11.1 Å². The van der Waals surface area contributed by atoms with Crippen LogP contribution in [0.5, 0.6) is 0 Å². The van der Waals surface area contributed by atoms with E-state index < -0.39 is 5.41 Å². The molecule has 4 aromatic carbocycles. The van der Waals surface area contributed by atoms with Crippen molar-refractivity contribution in [2.75, 3.05) is 0 Å². The van der Waals surface area contributed by atoms with Crippen LogP contribution in [0.2, 0.25) is 0 Å². The number of fused-ring (bicyclic) bond motifs is 3. The van der Waals surface area contributed by atoms with Gasteiger partial charge >= 0.3 is 11.9 Å². The van der Waals surface area contributed by atoms with Gasteiger partial charge in [0.2, 0.25) is 0 Å². The van der Waals surface area contributed by atoms with Gasteiger partial charge in [0, 0.05) is 5.41 Å². The van der Waals surface area contributed by atoms with Crippen molar-refractivity contribution in [3.05, 3.63) is 130 Å². The normalized spacial score (nSPS) is 12.9. The van der Waals surface area contributed by atoms with E-state index in [1.54, 1.807) is 0 Å². The first-order valence-electron chi connectivity index (χ1n) is 12.6. The number of aryl methyl sites for hydroxylation is 2. The van der Waals surface area contributed by atoms with Gasteiger partial charge in [0.05, 0.1) is 12.8 Å². The van der Waals surface area contributed by atoms with Crippen molar-refractivity contribution < 1.29 is 19.1 Å². The molecule has 0 spiro atoms. The minimum atomic E-state index is -0.861. The summed E-state index contributed by atoms with van der Waals surface area (Å²) in [6, 6.07) is 31.8. The smallest absolute Gasteiger partial charge is 0.307 e. The van der Waals surface area contributed by atoms with E-state index in [0.717, 1.165) is 44.5 Å². The molecule has 186 valence electrons. The van der Waals surface area contributed by atoms with Gasteiger partial charge in [-0.25, -0.2) is 0 Å². The summed E-state index contributed by atoms with van der Waals surface area (Å²) in [5, 5.41) is 0. The van der Waals surface area contributed by atoms with E-state index in [9.17, 15) is 9.59 Å². The molecule has 5 rings (SSSR count). The Kier molecular flexibility index (Phi) is 6.91. The third-order valence-electron chi connectivity index (χ3n) is 7.03. The molecule has 0 atom stereocenters. The molecule has 0 radical (unpaired) electrons. The average molecular weight is 491 g/mol. The molecule has 0 aliphatic heterocycles. The summed E-state index contributed by atoms with van der Waals surface area (Å²) in [5.41, 5.74) is 7.22. The fraction of sp³-hybridized carbons (Fsp3) is 0.212. The lowest BCUT2D eigenvalue weighted by Gasteiger charge is -2.30. The Balaban J connectivity index is 1.43. The van der Waals surface area contributed by atoms with Crippen LogP contribution in [0.1, 0.15) is 46.2 Å². The molecule has 0 saturated carbocycles. The lowest BCUT2D eigenvalue weighted by Crippen LogP contribution is -2.33. The second-order valence-corrected chi connectivity index (χ2v) is 9.83. The van der Waals surface area contributed by atoms with Crippen LogP contribution in [0, 0.1) is 13.8 Å². The van der Waals surface area contributed by atoms with Gasteiger partial charge in [0.15, 0.2) is 0 Å². The van der Waals surface area contributed by atoms with Crippen molar-refractivity contribution in [1.29, 1.82) is 0 Å². The van der Waals surface area contributed by atoms with Gasteiger partial charge in [-0.3, -0.25) is 9.59 Å². The van der Waals surface area contributed by atoms with Gasteiger partial charge in [0.25, 0.3) is 0 Å². The van der Waals surface area contributed by atoms with Crippen molar-refractivity contribution in [2.24, 2.45) is 0 Å². The van der Waals surface area contributed by atoms with Crippen LogP contribution in [0.15, 0.2) is 97.1 Å². The van der Waals surface area contributed by atoms with Gasteiger partial charge in [-0.1, -0.05) is 108 Å². The predicted octanol–water partition coefficient (Wildman–Crippen LogP) is 6.84. The first-order chi connectivity index (χ1) is 17.9. The molecule has 0 aromatic heterocycles. The topological polar surface area (TPSA) is 52.6 Å². The van der Waals surface area contributed by atoms with Gasteiger partial charge in [-0.2, -0.15) is 0 Å². The molecule has 0 unspecified atom stereocenters. The summed E-state index contributed by atoms with van der Waals surface area (Å²) in [7, 11) is 0. The largest absolute Gasteiger partial charge is 0.461 e.